The van der Waals surface area contributed by atoms with E-state index in [0.29, 0.717) is 35.3 Å². The van der Waals surface area contributed by atoms with Crippen LogP contribution in [-0.2, 0) is 16.8 Å². The molecular weight excluding hydrogens is 504 g/mol. The van der Waals surface area contributed by atoms with Crippen molar-refractivity contribution in [1.82, 2.24) is 20.2 Å². The van der Waals surface area contributed by atoms with Gasteiger partial charge in [-0.05, 0) is 70.1 Å². The molecule has 0 aliphatic carbocycles. The molecule has 0 saturated carbocycles. The molecule has 9 heteroatoms. The highest BCUT2D eigenvalue weighted by molar-refractivity contribution is 6.06. The van der Waals surface area contributed by atoms with E-state index in [0.717, 1.165) is 22.4 Å². The maximum absolute atomic E-state index is 13.7. The molecule has 1 aliphatic heterocycles. The minimum absolute atomic E-state index is 0.0923. The van der Waals surface area contributed by atoms with Crippen molar-refractivity contribution in [2.45, 2.75) is 52.7 Å². The van der Waals surface area contributed by atoms with Crippen molar-refractivity contribution in [3.05, 3.63) is 100 Å². The number of aromatic nitrogens is 4. The molecule has 0 fully saturated rings. The number of nitrogens with zero attached hydrogens (tertiary/aromatic N) is 4. The van der Waals surface area contributed by atoms with Gasteiger partial charge in [0.15, 0.2) is 11.5 Å². The number of fused-ring (bicyclic) bond motifs is 1. The Morgan fingerprint density at radius 1 is 1.02 bits per heavy atom. The molecule has 0 radical (unpaired) electrons. The number of tetrazole rings is 1. The second-order valence-corrected chi connectivity index (χ2v) is 10.9. The second kappa shape index (κ2) is 10.8. The topological polar surface area (TPSA) is 103 Å². The molecule has 9 nitrogen and oxygen atoms in total. The Bertz CT molecular complexity index is 1570. The van der Waals surface area contributed by atoms with E-state index >= 15 is 0 Å². The van der Waals surface area contributed by atoms with Crippen LogP contribution in [0.25, 0.3) is 0 Å². The molecule has 1 aromatic heterocycles. The van der Waals surface area contributed by atoms with Crippen LogP contribution in [0, 0.1) is 6.92 Å². The van der Waals surface area contributed by atoms with Gasteiger partial charge in [0, 0.05) is 11.4 Å². The lowest BCUT2D eigenvalue weighted by Crippen LogP contribution is -2.31. The van der Waals surface area contributed by atoms with E-state index in [9.17, 15) is 4.79 Å². The lowest BCUT2D eigenvalue weighted by molar-refractivity contribution is -0.113. The highest BCUT2D eigenvalue weighted by Crippen LogP contribution is 2.39. The monoisotopic (exact) mass is 538 g/mol. The molecule has 4 aromatic rings. The molecule has 0 spiro atoms. The Kier molecular flexibility index (Phi) is 7.30. The largest absolute Gasteiger partial charge is 0.493 e. The molecule has 40 heavy (non-hydrogen) atoms. The maximum atomic E-state index is 13.7. The van der Waals surface area contributed by atoms with E-state index < -0.39 is 6.04 Å². The summed E-state index contributed by atoms with van der Waals surface area (Å²) in [5, 5.41) is 18.3. The van der Waals surface area contributed by atoms with Gasteiger partial charge in [-0.1, -0.05) is 74.4 Å². The second-order valence-electron chi connectivity index (χ2n) is 10.9. The summed E-state index contributed by atoms with van der Waals surface area (Å²) in [6.07, 6.45) is 0. The third kappa shape index (κ3) is 5.40. The van der Waals surface area contributed by atoms with Crippen molar-refractivity contribution >= 4 is 17.5 Å². The molecule has 0 saturated heterocycles. The third-order valence-corrected chi connectivity index (χ3v) is 7.07. The summed E-state index contributed by atoms with van der Waals surface area (Å²) in [4.78, 5) is 13.7. The van der Waals surface area contributed by atoms with Gasteiger partial charge in [-0.2, -0.15) is 4.68 Å². The van der Waals surface area contributed by atoms with E-state index in [2.05, 4.69) is 71.2 Å². The Hall–Kier alpha value is -4.66. The van der Waals surface area contributed by atoms with Crippen LogP contribution in [0.4, 0.5) is 11.6 Å². The van der Waals surface area contributed by atoms with E-state index in [1.165, 1.54) is 5.56 Å². The highest BCUT2D eigenvalue weighted by Gasteiger charge is 2.34. The standard InChI is InChI=1S/C31H34N6O3/c1-19-9-7-8-10-24(19)33-29(38)27-20(2)32-30-34-35-36-37(30)28(27)22-13-16-25(26(17-22)39-6)40-18-21-11-14-23(15-12-21)31(3,4)5/h7-17,28H,18H2,1-6H3,(H,33,38)(H,32,34,36). The van der Waals surface area contributed by atoms with Gasteiger partial charge >= 0.3 is 0 Å². The molecule has 5 rings (SSSR count). The zero-order valence-electron chi connectivity index (χ0n) is 23.6. The van der Waals surface area contributed by atoms with Crippen molar-refractivity contribution in [3.63, 3.8) is 0 Å². The number of hydrogen-bond acceptors (Lipinski definition) is 7. The predicted octanol–water partition coefficient (Wildman–Crippen LogP) is 5.79. The summed E-state index contributed by atoms with van der Waals surface area (Å²) in [7, 11) is 1.60. The average Bonchev–Trinajstić information content (AvgIpc) is 3.40. The van der Waals surface area contributed by atoms with E-state index in [-0.39, 0.29) is 11.3 Å². The minimum Gasteiger partial charge on any atom is -0.493 e. The Morgan fingerprint density at radius 2 is 1.77 bits per heavy atom. The van der Waals surface area contributed by atoms with Gasteiger partial charge in [-0.25, -0.2) is 0 Å². The van der Waals surface area contributed by atoms with Crippen LogP contribution in [-0.4, -0.2) is 33.2 Å². The molecule has 0 bridgehead atoms. The van der Waals surface area contributed by atoms with Crippen molar-refractivity contribution in [2.24, 2.45) is 0 Å². The fourth-order valence-corrected chi connectivity index (χ4v) is 4.75. The molecule has 206 valence electrons. The number of anilines is 2. The SMILES string of the molecule is COc1cc(C2C(C(=O)Nc3ccccc3C)=C(C)Nc3nnnn32)ccc1OCc1ccc(C(C)(C)C)cc1. The number of allylic oxidation sites excluding steroid dienone is 1. The smallest absolute Gasteiger partial charge is 0.255 e. The molecular formula is C31H34N6O3. The summed E-state index contributed by atoms with van der Waals surface area (Å²) < 4.78 is 13.5. The molecule has 3 aromatic carbocycles. The van der Waals surface area contributed by atoms with E-state index in [1.807, 2.05) is 56.3 Å². The third-order valence-electron chi connectivity index (χ3n) is 7.07. The van der Waals surface area contributed by atoms with Crippen molar-refractivity contribution in [2.75, 3.05) is 17.7 Å². The predicted molar refractivity (Wildman–Crippen MR) is 155 cm³/mol. The Labute approximate surface area is 234 Å². The first-order valence-corrected chi connectivity index (χ1v) is 13.2. The van der Waals surface area contributed by atoms with Gasteiger partial charge in [0.1, 0.15) is 12.6 Å². The first-order chi connectivity index (χ1) is 19.2. The highest BCUT2D eigenvalue weighted by atomic mass is 16.5. The van der Waals surface area contributed by atoms with Crippen LogP contribution < -0.4 is 20.1 Å². The molecule has 1 aliphatic rings. The number of carbonyl (C=O) groups excluding carboxylic acids is 1. The number of benzene rings is 3. The number of rotatable bonds is 7. The fourth-order valence-electron chi connectivity index (χ4n) is 4.75. The normalized spacial score (nSPS) is 14.8. The Morgan fingerprint density at radius 3 is 2.48 bits per heavy atom. The maximum Gasteiger partial charge on any atom is 0.255 e. The number of amides is 1. The number of carbonyl (C=O) groups is 1. The van der Waals surface area contributed by atoms with Gasteiger partial charge < -0.3 is 20.1 Å². The Balaban J connectivity index is 1.43. The lowest BCUT2D eigenvalue weighted by Gasteiger charge is -2.28. The molecule has 2 heterocycles. The van der Waals surface area contributed by atoms with Gasteiger partial charge in [-0.15, -0.1) is 0 Å². The molecule has 1 amide bonds. The van der Waals surface area contributed by atoms with Crippen LogP contribution in [0.15, 0.2) is 78.0 Å². The summed E-state index contributed by atoms with van der Waals surface area (Å²) >= 11 is 0. The summed E-state index contributed by atoms with van der Waals surface area (Å²) in [6, 6.07) is 21.2. The molecule has 1 atom stereocenters. The van der Waals surface area contributed by atoms with Crippen LogP contribution in [0.3, 0.4) is 0 Å². The van der Waals surface area contributed by atoms with Gasteiger partial charge in [0.25, 0.3) is 5.91 Å². The van der Waals surface area contributed by atoms with Crippen molar-refractivity contribution in [3.8, 4) is 11.5 Å². The zero-order chi connectivity index (χ0) is 28.4. The van der Waals surface area contributed by atoms with Crippen molar-refractivity contribution < 1.29 is 14.3 Å². The van der Waals surface area contributed by atoms with Crippen LogP contribution in [0.2, 0.25) is 0 Å². The first kappa shape index (κ1) is 26.9. The number of methoxy groups -OCH3 is 1. The van der Waals surface area contributed by atoms with Crippen LogP contribution >= 0.6 is 0 Å². The van der Waals surface area contributed by atoms with Gasteiger partial charge in [-0.3, -0.25) is 4.79 Å². The summed E-state index contributed by atoms with van der Waals surface area (Å²) in [5.41, 5.74) is 6.07. The van der Waals surface area contributed by atoms with E-state index in [4.69, 9.17) is 9.47 Å². The van der Waals surface area contributed by atoms with Crippen LogP contribution in [0.5, 0.6) is 11.5 Å². The lowest BCUT2D eigenvalue weighted by atomic mass is 9.87. The zero-order valence-corrected chi connectivity index (χ0v) is 23.6. The summed E-state index contributed by atoms with van der Waals surface area (Å²) in [5.74, 6) is 1.35. The van der Waals surface area contributed by atoms with Crippen molar-refractivity contribution in [1.29, 1.82) is 0 Å². The summed E-state index contributed by atoms with van der Waals surface area (Å²) in [6.45, 7) is 10.8. The number of ether oxygens (including phenoxy) is 2. The number of para-hydroxylation sites is 1. The quantitative estimate of drug-likeness (QED) is 0.307. The molecule has 1 unspecified atom stereocenters. The van der Waals surface area contributed by atoms with Gasteiger partial charge in [0.2, 0.25) is 5.95 Å². The fraction of sp³-hybridized carbons (Fsp3) is 0.290. The average molecular weight is 539 g/mol. The number of nitrogens with one attached hydrogen (secondary N) is 2. The number of aryl methyl sites for hydroxylation is 1. The minimum atomic E-state index is -0.580. The van der Waals surface area contributed by atoms with Crippen LogP contribution in [0.1, 0.15) is 56.0 Å². The first-order valence-electron chi connectivity index (χ1n) is 13.2. The number of hydrogen-bond donors (Lipinski definition) is 2. The van der Waals surface area contributed by atoms with E-state index in [1.54, 1.807) is 11.8 Å². The van der Waals surface area contributed by atoms with Gasteiger partial charge in [0.05, 0.1) is 12.7 Å². The molecule has 2 N–H and O–H groups in total.